The predicted molar refractivity (Wildman–Crippen MR) is 89.7 cm³/mol. The Bertz CT molecular complexity index is 544. The van der Waals surface area contributed by atoms with Crippen LogP contribution in [-0.4, -0.2) is 37.6 Å². The van der Waals surface area contributed by atoms with E-state index in [-0.39, 0.29) is 5.92 Å². The van der Waals surface area contributed by atoms with Gasteiger partial charge in [0.15, 0.2) is 0 Å². The van der Waals surface area contributed by atoms with Crippen molar-refractivity contribution in [3.63, 3.8) is 0 Å². The molecule has 1 heterocycles. The quantitative estimate of drug-likeness (QED) is 0.783. The molecule has 2 aliphatic rings. The van der Waals surface area contributed by atoms with Crippen molar-refractivity contribution in [2.24, 2.45) is 11.8 Å². The second kappa shape index (κ2) is 7.53. The molecule has 1 aromatic rings. The van der Waals surface area contributed by atoms with Crippen LogP contribution in [0.25, 0.3) is 0 Å². The highest BCUT2D eigenvalue weighted by Crippen LogP contribution is 2.25. The molecule has 0 saturated carbocycles. The molecule has 1 saturated heterocycles. The fourth-order valence-electron chi connectivity index (χ4n) is 3.36. The van der Waals surface area contributed by atoms with Gasteiger partial charge >= 0.3 is 0 Å². The summed E-state index contributed by atoms with van der Waals surface area (Å²) in [5, 5.41) is 0. The van der Waals surface area contributed by atoms with Crippen molar-refractivity contribution in [3.05, 3.63) is 36.4 Å². The Hall–Kier alpha value is -1.97. The number of rotatable bonds is 5. The van der Waals surface area contributed by atoms with Crippen molar-refractivity contribution < 1.29 is 14.3 Å². The molecule has 0 spiro atoms. The Morgan fingerprint density at radius 3 is 2.57 bits per heavy atom. The molecule has 1 atom stereocenters. The van der Waals surface area contributed by atoms with Gasteiger partial charge in [-0.25, -0.2) is 0 Å². The second-order valence-corrected chi connectivity index (χ2v) is 6.42. The Balaban J connectivity index is 1.49. The van der Waals surface area contributed by atoms with E-state index >= 15 is 0 Å². The molecule has 1 aromatic carbocycles. The monoisotopic (exact) mass is 315 g/mol. The number of hydrogen-bond acceptors (Lipinski definition) is 3. The van der Waals surface area contributed by atoms with Gasteiger partial charge in [0.25, 0.3) is 0 Å². The maximum atomic E-state index is 12.5. The number of carbonyl (C=O) groups is 1. The third-order valence-electron chi connectivity index (χ3n) is 4.73. The van der Waals surface area contributed by atoms with Crippen molar-refractivity contribution in [1.82, 2.24) is 4.90 Å². The predicted octanol–water partition coefficient (Wildman–Crippen LogP) is 3.28. The third-order valence-corrected chi connectivity index (χ3v) is 4.73. The van der Waals surface area contributed by atoms with Gasteiger partial charge in [-0.1, -0.05) is 12.2 Å². The number of nitrogens with zero attached hydrogens (tertiary/aromatic N) is 1. The summed E-state index contributed by atoms with van der Waals surface area (Å²) in [6.07, 6.45) is 8.25. The van der Waals surface area contributed by atoms with Gasteiger partial charge in [-0.3, -0.25) is 4.79 Å². The van der Waals surface area contributed by atoms with E-state index in [1.54, 1.807) is 7.11 Å². The van der Waals surface area contributed by atoms with E-state index in [1.165, 1.54) is 0 Å². The van der Waals surface area contributed by atoms with Crippen LogP contribution in [0.1, 0.15) is 25.7 Å². The van der Waals surface area contributed by atoms with E-state index in [0.717, 1.165) is 50.3 Å². The number of carbonyl (C=O) groups excluding carboxylic acids is 1. The van der Waals surface area contributed by atoms with Crippen molar-refractivity contribution in [3.8, 4) is 11.5 Å². The van der Waals surface area contributed by atoms with Gasteiger partial charge in [-0.05, 0) is 49.9 Å². The molecule has 4 nitrogen and oxygen atoms in total. The molecule has 23 heavy (non-hydrogen) atoms. The van der Waals surface area contributed by atoms with E-state index in [9.17, 15) is 4.79 Å². The highest BCUT2D eigenvalue weighted by molar-refractivity contribution is 5.79. The lowest BCUT2D eigenvalue weighted by atomic mass is 9.96. The molecule has 4 heteroatoms. The largest absolute Gasteiger partial charge is 0.497 e. The summed E-state index contributed by atoms with van der Waals surface area (Å²) >= 11 is 0. The summed E-state index contributed by atoms with van der Waals surface area (Å²) in [6, 6.07) is 7.65. The fourth-order valence-corrected chi connectivity index (χ4v) is 3.36. The van der Waals surface area contributed by atoms with Crippen LogP contribution < -0.4 is 9.47 Å². The van der Waals surface area contributed by atoms with Gasteiger partial charge in [0.1, 0.15) is 11.5 Å². The molecule has 0 aromatic heterocycles. The lowest BCUT2D eigenvalue weighted by Crippen LogP contribution is -2.43. The number of hydrogen-bond donors (Lipinski definition) is 0. The highest BCUT2D eigenvalue weighted by atomic mass is 16.5. The Morgan fingerprint density at radius 2 is 1.87 bits per heavy atom. The van der Waals surface area contributed by atoms with Gasteiger partial charge in [0.2, 0.25) is 5.91 Å². The minimum atomic E-state index is 0.177. The van der Waals surface area contributed by atoms with Gasteiger partial charge in [-0.2, -0.15) is 0 Å². The molecule has 1 amide bonds. The van der Waals surface area contributed by atoms with E-state index < -0.39 is 0 Å². The number of likely N-dealkylation sites (tertiary alicyclic amines) is 1. The molecule has 0 N–H and O–H groups in total. The fraction of sp³-hybridized carbons (Fsp3) is 0.526. The minimum Gasteiger partial charge on any atom is -0.497 e. The van der Waals surface area contributed by atoms with Crippen LogP contribution in [0.5, 0.6) is 11.5 Å². The smallest absolute Gasteiger partial charge is 0.226 e. The summed E-state index contributed by atoms with van der Waals surface area (Å²) in [5.41, 5.74) is 0. The molecule has 0 radical (unpaired) electrons. The lowest BCUT2D eigenvalue weighted by molar-refractivity contribution is -0.137. The minimum absolute atomic E-state index is 0.177. The number of allylic oxidation sites excluding steroid dienone is 2. The van der Waals surface area contributed by atoms with Crippen LogP contribution in [0.15, 0.2) is 36.4 Å². The zero-order valence-electron chi connectivity index (χ0n) is 13.7. The van der Waals surface area contributed by atoms with E-state index in [4.69, 9.17) is 9.47 Å². The van der Waals surface area contributed by atoms with E-state index in [0.29, 0.717) is 18.4 Å². The number of methoxy groups -OCH3 is 1. The van der Waals surface area contributed by atoms with Gasteiger partial charge in [0.05, 0.1) is 13.7 Å². The average Bonchev–Trinajstić information content (AvgIpc) is 3.14. The normalized spacial score (nSPS) is 21.4. The third kappa shape index (κ3) is 4.06. The van der Waals surface area contributed by atoms with Crippen LogP contribution in [0.3, 0.4) is 0 Å². The second-order valence-electron chi connectivity index (χ2n) is 6.42. The standard InChI is InChI=1S/C19H25NO3/c1-22-17-8-10-18(11-9-17)23-14-15-5-4-12-20(13-15)19(21)16-6-2-3-7-16/h2-3,8-11,15-16H,4-7,12-14H2,1H3/t15-/m0/s1. The van der Waals surface area contributed by atoms with Gasteiger partial charge in [0, 0.05) is 24.9 Å². The number of piperidine rings is 1. The molecule has 1 fully saturated rings. The molecule has 1 aliphatic carbocycles. The Labute approximate surface area is 138 Å². The summed E-state index contributed by atoms with van der Waals surface area (Å²) in [6.45, 7) is 2.39. The number of amides is 1. The summed E-state index contributed by atoms with van der Waals surface area (Å²) in [4.78, 5) is 14.6. The van der Waals surface area contributed by atoms with Crippen molar-refractivity contribution in [2.45, 2.75) is 25.7 Å². The summed E-state index contributed by atoms with van der Waals surface area (Å²) < 4.78 is 11.0. The Kier molecular flexibility index (Phi) is 5.21. The number of ether oxygens (including phenoxy) is 2. The molecular formula is C19H25NO3. The molecular weight excluding hydrogens is 290 g/mol. The SMILES string of the molecule is COc1ccc(OC[C@H]2CCCN(C(=O)C3CC=CC3)C2)cc1. The van der Waals surface area contributed by atoms with Crippen molar-refractivity contribution in [2.75, 3.05) is 26.8 Å². The topological polar surface area (TPSA) is 38.8 Å². The highest BCUT2D eigenvalue weighted by Gasteiger charge is 2.29. The van der Waals surface area contributed by atoms with Gasteiger partial charge in [-0.15, -0.1) is 0 Å². The zero-order valence-corrected chi connectivity index (χ0v) is 13.7. The van der Waals surface area contributed by atoms with Crippen LogP contribution >= 0.6 is 0 Å². The van der Waals surface area contributed by atoms with Crippen LogP contribution in [0.2, 0.25) is 0 Å². The first-order chi connectivity index (χ1) is 11.3. The molecule has 3 rings (SSSR count). The maximum absolute atomic E-state index is 12.5. The number of benzene rings is 1. The molecule has 1 aliphatic heterocycles. The zero-order chi connectivity index (χ0) is 16.1. The molecule has 0 bridgehead atoms. The first-order valence-electron chi connectivity index (χ1n) is 8.47. The lowest BCUT2D eigenvalue weighted by Gasteiger charge is -2.34. The van der Waals surface area contributed by atoms with E-state index in [1.807, 2.05) is 29.2 Å². The molecule has 124 valence electrons. The van der Waals surface area contributed by atoms with Crippen molar-refractivity contribution >= 4 is 5.91 Å². The first-order valence-corrected chi connectivity index (χ1v) is 8.47. The first kappa shape index (κ1) is 15.9. The summed E-state index contributed by atoms with van der Waals surface area (Å²) in [5.74, 6) is 2.61. The maximum Gasteiger partial charge on any atom is 0.226 e. The van der Waals surface area contributed by atoms with E-state index in [2.05, 4.69) is 12.2 Å². The van der Waals surface area contributed by atoms with Crippen molar-refractivity contribution in [1.29, 1.82) is 0 Å². The average molecular weight is 315 g/mol. The Morgan fingerprint density at radius 1 is 1.17 bits per heavy atom. The van der Waals surface area contributed by atoms with Crippen LogP contribution in [0.4, 0.5) is 0 Å². The van der Waals surface area contributed by atoms with Crippen LogP contribution in [-0.2, 0) is 4.79 Å². The summed E-state index contributed by atoms with van der Waals surface area (Å²) in [7, 11) is 1.66. The van der Waals surface area contributed by atoms with Gasteiger partial charge < -0.3 is 14.4 Å². The van der Waals surface area contributed by atoms with Crippen LogP contribution in [0, 0.1) is 11.8 Å². The molecule has 0 unspecified atom stereocenters.